The Kier molecular flexibility index (Phi) is 5.85. The Morgan fingerprint density at radius 1 is 1.12 bits per heavy atom. The minimum absolute atomic E-state index is 0.149. The minimum Gasteiger partial charge on any atom is -0.346 e. The van der Waals surface area contributed by atoms with Crippen molar-refractivity contribution in [2.24, 2.45) is 0 Å². The van der Waals surface area contributed by atoms with Crippen molar-refractivity contribution in [3.63, 3.8) is 0 Å². The number of hydrogen-bond donors (Lipinski definition) is 2. The van der Waals surface area contributed by atoms with Crippen LogP contribution in [0.15, 0.2) is 42.5 Å². The number of carbonyl (C=O) groups excluding carboxylic acids is 1. The van der Waals surface area contributed by atoms with Gasteiger partial charge in [0.15, 0.2) is 0 Å². The molecule has 1 amide bonds. The average molecular weight is 360 g/mol. The second kappa shape index (κ2) is 7.70. The number of rotatable bonds is 6. The van der Waals surface area contributed by atoms with Gasteiger partial charge in [-0.3, -0.25) is 9.52 Å². The standard InChI is InChI=1S/C19H24N2O3S/c1-5-15-9-11-16(12-10-15)14(3)20-19(22)17-7-6-8-18(13(17)2)21-25(4,23)24/h6-12,14,21H,5H2,1-4H3,(H,20,22)/t14-/m1/s1. The van der Waals surface area contributed by atoms with Crippen molar-refractivity contribution in [3.8, 4) is 0 Å². The van der Waals surface area contributed by atoms with Crippen molar-refractivity contribution in [2.45, 2.75) is 33.2 Å². The van der Waals surface area contributed by atoms with Gasteiger partial charge in [0.2, 0.25) is 10.0 Å². The van der Waals surface area contributed by atoms with E-state index in [1.165, 1.54) is 5.56 Å². The lowest BCUT2D eigenvalue weighted by molar-refractivity contribution is 0.0939. The minimum atomic E-state index is -3.40. The van der Waals surface area contributed by atoms with Crippen molar-refractivity contribution in [1.29, 1.82) is 0 Å². The lowest BCUT2D eigenvalue weighted by atomic mass is 10.0. The van der Waals surface area contributed by atoms with E-state index in [4.69, 9.17) is 0 Å². The van der Waals surface area contributed by atoms with E-state index in [0.29, 0.717) is 16.8 Å². The summed E-state index contributed by atoms with van der Waals surface area (Å²) in [5.41, 5.74) is 3.73. The molecule has 0 saturated heterocycles. The van der Waals surface area contributed by atoms with Crippen molar-refractivity contribution < 1.29 is 13.2 Å². The summed E-state index contributed by atoms with van der Waals surface area (Å²) in [7, 11) is -3.40. The summed E-state index contributed by atoms with van der Waals surface area (Å²) in [5, 5.41) is 2.96. The topological polar surface area (TPSA) is 75.3 Å². The molecule has 6 heteroatoms. The van der Waals surface area contributed by atoms with Gasteiger partial charge in [-0.05, 0) is 49.1 Å². The van der Waals surface area contributed by atoms with Gasteiger partial charge in [0.25, 0.3) is 5.91 Å². The molecule has 0 aliphatic carbocycles. The van der Waals surface area contributed by atoms with Gasteiger partial charge in [-0.25, -0.2) is 8.42 Å². The molecule has 2 aromatic carbocycles. The number of sulfonamides is 1. The molecule has 134 valence electrons. The lowest BCUT2D eigenvalue weighted by Crippen LogP contribution is -2.27. The van der Waals surface area contributed by atoms with Crippen LogP contribution in [0, 0.1) is 6.92 Å². The maximum atomic E-state index is 12.6. The van der Waals surface area contributed by atoms with E-state index in [0.717, 1.165) is 18.2 Å². The van der Waals surface area contributed by atoms with Crippen molar-refractivity contribution in [3.05, 3.63) is 64.7 Å². The van der Waals surface area contributed by atoms with Crippen LogP contribution in [0.1, 0.15) is 46.9 Å². The summed E-state index contributed by atoms with van der Waals surface area (Å²) in [6.45, 7) is 5.75. The molecule has 0 radical (unpaired) electrons. The zero-order chi connectivity index (χ0) is 18.6. The summed E-state index contributed by atoms with van der Waals surface area (Å²) in [5.74, 6) is -0.235. The first-order valence-electron chi connectivity index (χ1n) is 8.18. The van der Waals surface area contributed by atoms with Crippen molar-refractivity contribution in [2.75, 3.05) is 11.0 Å². The smallest absolute Gasteiger partial charge is 0.252 e. The highest BCUT2D eigenvalue weighted by Gasteiger charge is 2.16. The maximum Gasteiger partial charge on any atom is 0.252 e. The first-order valence-corrected chi connectivity index (χ1v) is 10.1. The lowest BCUT2D eigenvalue weighted by Gasteiger charge is -2.17. The Morgan fingerprint density at radius 3 is 2.32 bits per heavy atom. The highest BCUT2D eigenvalue weighted by molar-refractivity contribution is 7.92. The van der Waals surface area contributed by atoms with Crippen LogP contribution in [0.4, 0.5) is 5.69 Å². The summed E-state index contributed by atoms with van der Waals surface area (Å²) >= 11 is 0. The largest absolute Gasteiger partial charge is 0.346 e. The van der Waals surface area contributed by atoms with Crippen molar-refractivity contribution in [1.82, 2.24) is 5.32 Å². The molecule has 0 unspecified atom stereocenters. The van der Waals surface area contributed by atoms with Crippen LogP contribution in [-0.2, 0) is 16.4 Å². The molecule has 0 aromatic heterocycles. The first kappa shape index (κ1) is 19.0. The summed E-state index contributed by atoms with van der Waals surface area (Å²) in [6.07, 6.45) is 2.06. The maximum absolute atomic E-state index is 12.6. The highest BCUT2D eigenvalue weighted by Crippen LogP contribution is 2.21. The van der Waals surface area contributed by atoms with Crippen LogP contribution in [0.25, 0.3) is 0 Å². The third kappa shape index (κ3) is 5.06. The van der Waals surface area contributed by atoms with E-state index in [9.17, 15) is 13.2 Å². The van der Waals surface area contributed by atoms with E-state index in [1.807, 2.05) is 19.1 Å². The number of aryl methyl sites for hydroxylation is 1. The fourth-order valence-corrected chi connectivity index (χ4v) is 3.21. The molecule has 0 spiro atoms. The number of anilines is 1. The fraction of sp³-hybridized carbons (Fsp3) is 0.316. The Hall–Kier alpha value is -2.34. The van der Waals surface area contributed by atoms with E-state index in [-0.39, 0.29) is 11.9 Å². The SMILES string of the molecule is CCc1ccc([C@@H](C)NC(=O)c2cccc(NS(C)(=O)=O)c2C)cc1. The predicted octanol–water partition coefficient (Wildman–Crippen LogP) is 3.42. The molecule has 0 saturated carbocycles. The molecule has 2 N–H and O–H groups in total. The second-order valence-corrected chi connectivity index (χ2v) is 7.89. The number of hydrogen-bond acceptors (Lipinski definition) is 3. The predicted molar refractivity (Wildman–Crippen MR) is 101 cm³/mol. The van der Waals surface area contributed by atoms with Crippen LogP contribution in [-0.4, -0.2) is 20.6 Å². The van der Waals surface area contributed by atoms with Crippen molar-refractivity contribution >= 4 is 21.6 Å². The quantitative estimate of drug-likeness (QED) is 0.829. The van der Waals surface area contributed by atoms with E-state index in [1.54, 1.807) is 25.1 Å². The molecular formula is C19H24N2O3S. The van der Waals surface area contributed by atoms with Gasteiger partial charge >= 0.3 is 0 Å². The summed E-state index contributed by atoms with van der Waals surface area (Å²) in [6, 6.07) is 13.0. The van der Waals surface area contributed by atoms with Gasteiger partial charge < -0.3 is 5.32 Å². The van der Waals surface area contributed by atoms with E-state index in [2.05, 4.69) is 29.1 Å². The zero-order valence-corrected chi connectivity index (χ0v) is 15.8. The van der Waals surface area contributed by atoms with E-state index >= 15 is 0 Å². The third-order valence-corrected chi connectivity index (χ3v) is 4.70. The van der Waals surface area contributed by atoms with Crippen LogP contribution < -0.4 is 10.0 Å². The molecule has 0 aliphatic rings. The average Bonchev–Trinajstić information content (AvgIpc) is 2.55. The molecular weight excluding hydrogens is 336 g/mol. The number of amides is 1. The third-order valence-electron chi connectivity index (χ3n) is 4.11. The highest BCUT2D eigenvalue weighted by atomic mass is 32.2. The van der Waals surface area contributed by atoms with Crippen LogP contribution in [0.2, 0.25) is 0 Å². The second-order valence-electron chi connectivity index (χ2n) is 6.14. The molecule has 0 aliphatic heterocycles. The molecule has 25 heavy (non-hydrogen) atoms. The van der Waals surface area contributed by atoms with Gasteiger partial charge in [0, 0.05) is 5.56 Å². The number of carbonyl (C=O) groups is 1. The number of benzene rings is 2. The van der Waals surface area contributed by atoms with Gasteiger partial charge in [-0.1, -0.05) is 37.3 Å². The van der Waals surface area contributed by atoms with E-state index < -0.39 is 10.0 Å². The number of nitrogens with one attached hydrogen (secondary N) is 2. The van der Waals surface area contributed by atoms with Gasteiger partial charge in [0.1, 0.15) is 0 Å². The van der Waals surface area contributed by atoms with Crippen LogP contribution in [0.5, 0.6) is 0 Å². The Labute approximate surface area is 149 Å². The molecule has 0 heterocycles. The van der Waals surface area contributed by atoms with Gasteiger partial charge in [0.05, 0.1) is 18.0 Å². The summed E-state index contributed by atoms with van der Waals surface area (Å²) < 4.78 is 25.3. The Morgan fingerprint density at radius 2 is 1.76 bits per heavy atom. The molecule has 2 aromatic rings. The Balaban J connectivity index is 2.18. The van der Waals surface area contributed by atoms with Gasteiger partial charge in [-0.15, -0.1) is 0 Å². The molecule has 0 bridgehead atoms. The van der Waals surface area contributed by atoms with Crippen LogP contribution >= 0.6 is 0 Å². The van der Waals surface area contributed by atoms with Crippen LogP contribution in [0.3, 0.4) is 0 Å². The fourth-order valence-electron chi connectivity index (χ4n) is 2.59. The normalized spacial score (nSPS) is 12.5. The molecule has 1 atom stereocenters. The molecule has 0 fully saturated rings. The molecule has 2 rings (SSSR count). The first-order chi connectivity index (χ1) is 11.7. The monoisotopic (exact) mass is 360 g/mol. The molecule has 5 nitrogen and oxygen atoms in total. The van der Waals surface area contributed by atoms with Gasteiger partial charge in [-0.2, -0.15) is 0 Å². The zero-order valence-electron chi connectivity index (χ0n) is 15.0. The summed E-state index contributed by atoms with van der Waals surface area (Å²) in [4.78, 5) is 12.6. The Bertz CT molecular complexity index is 859.